The first-order valence-corrected chi connectivity index (χ1v) is 8.50. The molecule has 1 rings (SSSR count). The lowest BCUT2D eigenvalue weighted by molar-refractivity contribution is 0.313. The fourth-order valence-electron chi connectivity index (χ4n) is 1.51. The fraction of sp³-hybridized carbons (Fsp3) is 0.500. The van der Waals surface area contributed by atoms with Crippen molar-refractivity contribution in [1.82, 2.24) is 0 Å². The second-order valence-electron chi connectivity index (χ2n) is 4.30. The van der Waals surface area contributed by atoms with Crippen molar-refractivity contribution < 1.29 is 13.2 Å². The van der Waals surface area contributed by atoms with Gasteiger partial charge in [-0.15, -0.1) is 0 Å². The maximum atomic E-state index is 11.0. The summed E-state index contributed by atoms with van der Waals surface area (Å²) in [6.07, 6.45) is 1.70. The van der Waals surface area contributed by atoms with Crippen LogP contribution in [0.2, 0.25) is 0 Å². The van der Waals surface area contributed by atoms with Gasteiger partial charge in [-0.05, 0) is 31.5 Å². The minimum absolute atomic E-state index is 0.132. The van der Waals surface area contributed by atoms with Crippen LogP contribution in [0.1, 0.15) is 24.9 Å². The Kier molecular flexibility index (Phi) is 5.62. The Morgan fingerprint density at radius 1 is 1.44 bits per heavy atom. The number of sulfone groups is 1. The van der Waals surface area contributed by atoms with Crippen LogP contribution >= 0.6 is 15.9 Å². The third-order valence-corrected chi connectivity index (χ3v) is 3.90. The van der Waals surface area contributed by atoms with Crippen molar-refractivity contribution in [3.05, 3.63) is 28.2 Å². The SMILES string of the molecule is CC(N)c1cc(Br)ccc1OCCCS(C)(=O)=O. The molecule has 1 aromatic rings. The van der Waals surface area contributed by atoms with Gasteiger partial charge in [0.25, 0.3) is 0 Å². The van der Waals surface area contributed by atoms with Gasteiger partial charge in [0.2, 0.25) is 0 Å². The predicted octanol–water partition coefficient (Wildman–Crippen LogP) is 2.28. The van der Waals surface area contributed by atoms with Crippen LogP contribution in [0.5, 0.6) is 5.75 Å². The van der Waals surface area contributed by atoms with Crippen molar-refractivity contribution in [3.63, 3.8) is 0 Å². The Balaban J connectivity index is 2.62. The molecule has 0 aliphatic rings. The van der Waals surface area contributed by atoms with E-state index < -0.39 is 9.84 Å². The van der Waals surface area contributed by atoms with Gasteiger partial charge in [0.1, 0.15) is 15.6 Å². The summed E-state index contributed by atoms with van der Waals surface area (Å²) < 4.78 is 28.5. The summed E-state index contributed by atoms with van der Waals surface area (Å²) in [5, 5.41) is 0. The highest BCUT2D eigenvalue weighted by Gasteiger charge is 2.09. The van der Waals surface area contributed by atoms with Gasteiger partial charge in [-0.1, -0.05) is 15.9 Å². The number of hydrogen-bond donors (Lipinski definition) is 1. The first-order chi connectivity index (χ1) is 8.29. The Morgan fingerprint density at radius 3 is 2.67 bits per heavy atom. The molecule has 0 radical (unpaired) electrons. The Bertz CT molecular complexity index is 500. The van der Waals surface area contributed by atoms with Crippen molar-refractivity contribution >= 4 is 25.8 Å². The third-order valence-electron chi connectivity index (χ3n) is 2.38. The summed E-state index contributed by atoms with van der Waals surface area (Å²) in [4.78, 5) is 0. The highest BCUT2D eigenvalue weighted by atomic mass is 79.9. The Morgan fingerprint density at radius 2 is 2.11 bits per heavy atom. The standard InChI is InChI=1S/C12H18BrNO3S/c1-9(14)11-8-10(13)4-5-12(11)17-6-3-7-18(2,15)16/h4-5,8-9H,3,6-7,14H2,1-2H3. The Labute approximate surface area is 117 Å². The molecule has 0 aliphatic heterocycles. The van der Waals surface area contributed by atoms with Crippen LogP contribution in [0.3, 0.4) is 0 Å². The van der Waals surface area contributed by atoms with E-state index in [1.54, 1.807) is 0 Å². The molecular formula is C12H18BrNO3S. The molecule has 0 aliphatic carbocycles. The van der Waals surface area contributed by atoms with Crippen molar-refractivity contribution in [2.75, 3.05) is 18.6 Å². The number of ether oxygens (including phenoxy) is 1. The molecule has 0 bridgehead atoms. The normalized spacial score (nSPS) is 13.3. The maximum absolute atomic E-state index is 11.0. The number of halogens is 1. The Hall–Kier alpha value is -0.590. The van der Waals surface area contributed by atoms with Crippen LogP contribution in [0, 0.1) is 0 Å². The molecule has 0 amide bonds. The summed E-state index contributed by atoms with van der Waals surface area (Å²) in [7, 11) is -2.92. The number of rotatable bonds is 6. The molecule has 0 spiro atoms. The molecule has 0 saturated heterocycles. The van der Waals surface area contributed by atoms with Crippen molar-refractivity contribution in [2.45, 2.75) is 19.4 Å². The number of benzene rings is 1. The molecule has 1 atom stereocenters. The van der Waals surface area contributed by atoms with E-state index in [2.05, 4.69) is 15.9 Å². The van der Waals surface area contributed by atoms with Gasteiger partial charge in [0.05, 0.1) is 12.4 Å². The zero-order valence-corrected chi connectivity index (χ0v) is 12.9. The molecule has 0 fully saturated rings. The van der Waals surface area contributed by atoms with E-state index in [9.17, 15) is 8.42 Å². The van der Waals surface area contributed by atoms with E-state index in [1.807, 2.05) is 25.1 Å². The van der Waals surface area contributed by atoms with E-state index in [0.29, 0.717) is 18.8 Å². The first kappa shape index (κ1) is 15.5. The molecule has 1 aromatic carbocycles. The topological polar surface area (TPSA) is 69.4 Å². The molecule has 18 heavy (non-hydrogen) atoms. The second kappa shape index (κ2) is 6.54. The van der Waals surface area contributed by atoms with Crippen LogP contribution in [0.25, 0.3) is 0 Å². The van der Waals surface area contributed by atoms with E-state index in [1.165, 1.54) is 6.26 Å². The lowest BCUT2D eigenvalue weighted by Crippen LogP contribution is -2.11. The molecule has 2 N–H and O–H groups in total. The minimum Gasteiger partial charge on any atom is -0.493 e. The lowest BCUT2D eigenvalue weighted by Gasteiger charge is -2.14. The van der Waals surface area contributed by atoms with Gasteiger partial charge < -0.3 is 10.5 Å². The minimum atomic E-state index is -2.92. The van der Waals surface area contributed by atoms with Gasteiger partial charge in [0, 0.05) is 22.3 Å². The summed E-state index contributed by atoms with van der Waals surface area (Å²) in [5.74, 6) is 0.846. The average molecular weight is 336 g/mol. The van der Waals surface area contributed by atoms with Gasteiger partial charge in [0.15, 0.2) is 0 Å². The van der Waals surface area contributed by atoms with Crippen molar-refractivity contribution in [1.29, 1.82) is 0 Å². The first-order valence-electron chi connectivity index (χ1n) is 5.65. The van der Waals surface area contributed by atoms with Gasteiger partial charge >= 0.3 is 0 Å². The molecule has 4 nitrogen and oxygen atoms in total. The smallest absolute Gasteiger partial charge is 0.147 e. The summed E-state index contributed by atoms with van der Waals surface area (Å²) in [5.41, 5.74) is 6.77. The zero-order valence-electron chi connectivity index (χ0n) is 10.5. The summed E-state index contributed by atoms with van der Waals surface area (Å²) >= 11 is 3.38. The summed E-state index contributed by atoms with van der Waals surface area (Å²) in [6.45, 7) is 2.25. The molecular weight excluding hydrogens is 318 g/mol. The number of nitrogens with two attached hydrogens (primary N) is 1. The molecule has 0 aromatic heterocycles. The molecule has 0 saturated carbocycles. The monoisotopic (exact) mass is 335 g/mol. The zero-order chi connectivity index (χ0) is 13.8. The van der Waals surface area contributed by atoms with Crippen LogP contribution in [0.4, 0.5) is 0 Å². The largest absolute Gasteiger partial charge is 0.493 e. The average Bonchev–Trinajstić information content (AvgIpc) is 2.24. The third kappa shape index (κ3) is 5.37. The van der Waals surface area contributed by atoms with E-state index in [0.717, 1.165) is 10.0 Å². The van der Waals surface area contributed by atoms with Crippen LogP contribution in [0.15, 0.2) is 22.7 Å². The molecule has 1 unspecified atom stereocenters. The number of hydrogen-bond acceptors (Lipinski definition) is 4. The highest BCUT2D eigenvalue weighted by molar-refractivity contribution is 9.10. The lowest BCUT2D eigenvalue weighted by atomic mass is 10.1. The van der Waals surface area contributed by atoms with Gasteiger partial charge in [-0.3, -0.25) is 0 Å². The van der Waals surface area contributed by atoms with E-state index in [4.69, 9.17) is 10.5 Å². The van der Waals surface area contributed by atoms with Crippen LogP contribution in [-0.4, -0.2) is 27.0 Å². The molecule has 0 heterocycles. The van der Waals surface area contributed by atoms with Gasteiger partial charge in [-0.25, -0.2) is 8.42 Å². The quantitative estimate of drug-likeness (QED) is 0.809. The highest BCUT2D eigenvalue weighted by Crippen LogP contribution is 2.27. The van der Waals surface area contributed by atoms with Crippen LogP contribution < -0.4 is 10.5 Å². The van der Waals surface area contributed by atoms with E-state index in [-0.39, 0.29) is 11.8 Å². The van der Waals surface area contributed by atoms with Crippen molar-refractivity contribution in [3.8, 4) is 5.75 Å². The predicted molar refractivity (Wildman–Crippen MR) is 76.6 cm³/mol. The molecule has 102 valence electrons. The molecule has 6 heteroatoms. The van der Waals surface area contributed by atoms with Crippen LogP contribution in [-0.2, 0) is 9.84 Å². The summed E-state index contributed by atoms with van der Waals surface area (Å²) in [6, 6.07) is 5.49. The van der Waals surface area contributed by atoms with E-state index >= 15 is 0 Å². The fourth-order valence-corrected chi connectivity index (χ4v) is 2.53. The second-order valence-corrected chi connectivity index (χ2v) is 7.48. The van der Waals surface area contributed by atoms with Crippen molar-refractivity contribution in [2.24, 2.45) is 5.73 Å². The van der Waals surface area contributed by atoms with Gasteiger partial charge in [-0.2, -0.15) is 0 Å². The maximum Gasteiger partial charge on any atom is 0.147 e.